The van der Waals surface area contributed by atoms with Crippen LogP contribution in [-0.4, -0.2) is 31.9 Å². The third-order valence-electron chi connectivity index (χ3n) is 4.72. The van der Waals surface area contributed by atoms with Gasteiger partial charge >= 0.3 is 0 Å². The average molecular weight is 333 g/mol. The molecular formula is C19H19N5O. The van der Waals surface area contributed by atoms with Crippen LogP contribution >= 0.6 is 0 Å². The second-order valence-electron chi connectivity index (χ2n) is 6.47. The number of aliphatic hydroxyl groups excluding tert-OH is 1. The van der Waals surface area contributed by atoms with E-state index in [1.54, 1.807) is 23.0 Å². The first-order valence-electron chi connectivity index (χ1n) is 8.52. The maximum atomic E-state index is 9.63. The van der Waals surface area contributed by atoms with Crippen LogP contribution in [0.4, 0.5) is 5.82 Å². The van der Waals surface area contributed by atoms with E-state index in [0.717, 1.165) is 48.3 Å². The molecule has 2 N–H and O–H groups in total. The molecule has 0 bridgehead atoms. The second kappa shape index (κ2) is 6.54. The Morgan fingerprint density at radius 3 is 2.84 bits per heavy atom. The molecule has 0 unspecified atom stereocenters. The molecule has 3 aromatic heterocycles. The molecular weight excluding hydrogens is 314 g/mol. The van der Waals surface area contributed by atoms with Crippen LogP contribution in [0.5, 0.6) is 0 Å². The van der Waals surface area contributed by atoms with Crippen LogP contribution < -0.4 is 5.32 Å². The summed E-state index contributed by atoms with van der Waals surface area (Å²) in [6.07, 6.45) is 6.98. The van der Waals surface area contributed by atoms with Crippen molar-refractivity contribution in [2.24, 2.45) is 0 Å². The van der Waals surface area contributed by atoms with E-state index in [-0.39, 0.29) is 6.10 Å². The molecule has 0 spiro atoms. The highest BCUT2D eigenvalue weighted by Crippen LogP contribution is 2.26. The normalized spacial score (nSPS) is 20.3. The summed E-state index contributed by atoms with van der Waals surface area (Å²) in [4.78, 5) is 4.72. The Morgan fingerprint density at radius 1 is 1.20 bits per heavy atom. The minimum absolute atomic E-state index is 0.162. The smallest absolute Gasteiger partial charge is 0.126 e. The van der Waals surface area contributed by atoms with Gasteiger partial charge in [0.05, 0.1) is 35.1 Å². The van der Waals surface area contributed by atoms with Gasteiger partial charge in [-0.25, -0.2) is 9.50 Å². The van der Waals surface area contributed by atoms with Crippen molar-refractivity contribution in [1.29, 1.82) is 5.26 Å². The largest absolute Gasteiger partial charge is 0.393 e. The van der Waals surface area contributed by atoms with E-state index in [1.165, 1.54) is 0 Å². The lowest BCUT2D eigenvalue weighted by Crippen LogP contribution is -2.28. The van der Waals surface area contributed by atoms with Gasteiger partial charge in [-0.05, 0) is 49.9 Å². The predicted molar refractivity (Wildman–Crippen MR) is 95.0 cm³/mol. The molecule has 3 heterocycles. The van der Waals surface area contributed by atoms with E-state index in [4.69, 9.17) is 10.2 Å². The molecule has 6 nitrogen and oxygen atoms in total. The molecule has 1 saturated carbocycles. The van der Waals surface area contributed by atoms with Crippen LogP contribution in [0.3, 0.4) is 0 Å². The standard InChI is InChI=1S/C19H19N5O/c20-11-13-8-9-24-18(10-13)16(12-21-24)17-2-1-3-19(23-17)22-14-4-6-15(25)7-5-14/h1-3,8-10,12,14-15,25H,4-7H2,(H,22,23)/t14-,15-. The Morgan fingerprint density at radius 2 is 2.04 bits per heavy atom. The van der Waals surface area contributed by atoms with Gasteiger partial charge in [0, 0.05) is 17.8 Å². The first-order chi connectivity index (χ1) is 12.2. The van der Waals surface area contributed by atoms with Gasteiger partial charge < -0.3 is 10.4 Å². The third kappa shape index (κ3) is 3.19. The van der Waals surface area contributed by atoms with E-state index >= 15 is 0 Å². The number of hydrogen-bond donors (Lipinski definition) is 2. The fourth-order valence-corrected chi connectivity index (χ4v) is 3.34. The van der Waals surface area contributed by atoms with Crippen LogP contribution in [0.1, 0.15) is 31.2 Å². The van der Waals surface area contributed by atoms with Crippen LogP contribution in [0, 0.1) is 11.3 Å². The topological polar surface area (TPSA) is 86.2 Å². The minimum Gasteiger partial charge on any atom is -0.393 e. The fraction of sp³-hybridized carbons (Fsp3) is 0.316. The first-order valence-corrected chi connectivity index (χ1v) is 8.52. The van der Waals surface area contributed by atoms with Gasteiger partial charge in [-0.1, -0.05) is 6.07 Å². The maximum absolute atomic E-state index is 9.63. The number of pyridine rings is 2. The molecule has 0 amide bonds. The van der Waals surface area contributed by atoms with Gasteiger partial charge in [-0.2, -0.15) is 10.4 Å². The molecule has 1 aliphatic rings. The van der Waals surface area contributed by atoms with E-state index in [2.05, 4.69) is 16.5 Å². The van der Waals surface area contributed by atoms with Gasteiger partial charge in [0.2, 0.25) is 0 Å². The summed E-state index contributed by atoms with van der Waals surface area (Å²) in [5, 5.41) is 26.6. The number of anilines is 1. The summed E-state index contributed by atoms with van der Waals surface area (Å²) in [5.74, 6) is 0.828. The molecule has 1 fully saturated rings. The lowest BCUT2D eigenvalue weighted by molar-refractivity contribution is 0.126. The molecule has 0 aliphatic heterocycles. The van der Waals surface area contributed by atoms with Crippen molar-refractivity contribution in [2.45, 2.75) is 37.8 Å². The summed E-state index contributed by atoms with van der Waals surface area (Å²) in [5.41, 5.74) is 3.19. The Bertz CT molecular complexity index is 934. The van der Waals surface area contributed by atoms with Gasteiger partial charge in [0.15, 0.2) is 0 Å². The molecule has 0 radical (unpaired) electrons. The number of nitriles is 1. The average Bonchev–Trinajstić information content (AvgIpc) is 3.07. The van der Waals surface area contributed by atoms with E-state index in [0.29, 0.717) is 11.6 Å². The summed E-state index contributed by atoms with van der Waals surface area (Å²) in [6.45, 7) is 0. The maximum Gasteiger partial charge on any atom is 0.126 e. The van der Waals surface area contributed by atoms with Crippen molar-refractivity contribution in [3.8, 4) is 17.3 Å². The zero-order valence-electron chi connectivity index (χ0n) is 13.8. The van der Waals surface area contributed by atoms with Crippen molar-refractivity contribution in [3.05, 3.63) is 48.3 Å². The lowest BCUT2D eigenvalue weighted by atomic mass is 9.93. The lowest BCUT2D eigenvalue weighted by Gasteiger charge is -2.26. The Hall–Kier alpha value is -2.91. The number of rotatable bonds is 3. The van der Waals surface area contributed by atoms with Crippen molar-refractivity contribution in [3.63, 3.8) is 0 Å². The number of aliphatic hydroxyl groups is 1. The molecule has 126 valence electrons. The highest BCUT2D eigenvalue weighted by molar-refractivity contribution is 5.79. The molecule has 1 aliphatic carbocycles. The Kier molecular flexibility index (Phi) is 4.08. The monoisotopic (exact) mass is 333 g/mol. The van der Waals surface area contributed by atoms with Crippen molar-refractivity contribution in [2.75, 3.05) is 5.32 Å². The SMILES string of the molecule is N#Cc1ccn2ncc(-c3cccc(N[C@H]4CC[C@H](O)CC4)n3)c2c1. The summed E-state index contributed by atoms with van der Waals surface area (Å²) in [6, 6.07) is 12.0. The van der Waals surface area contributed by atoms with Gasteiger partial charge in [0.1, 0.15) is 5.82 Å². The molecule has 4 rings (SSSR count). The minimum atomic E-state index is -0.162. The highest BCUT2D eigenvalue weighted by atomic mass is 16.3. The fourth-order valence-electron chi connectivity index (χ4n) is 3.34. The van der Waals surface area contributed by atoms with Crippen LogP contribution in [-0.2, 0) is 0 Å². The summed E-state index contributed by atoms with van der Waals surface area (Å²) >= 11 is 0. The van der Waals surface area contributed by atoms with Crippen molar-refractivity contribution in [1.82, 2.24) is 14.6 Å². The quantitative estimate of drug-likeness (QED) is 0.769. The first kappa shape index (κ1) is 15.6. The van der Waals surface area contributed by atoms with Crippen LogP contribution in [0.2, 0.25) is 0 Å². The number of hydrogen-bond acceptors (Lipinski definition) is 5. The van der Waals surface area contributed by atoms with Gasteiger partial charge in [-0.3, -0.25) is 0 Å². The molecule has 0 aromatic carbocycles. The highest BCUT2D eigenvalue weighted by Gasteiger charge is 2.19. The summed E-state index contributed by atoms with van der Waals surface area (Å²) in [7, 11) is 0. The Labute approximate surface area is 145 Å². The van der Waals surface area contributed by atoms with Crippen LogP contribution in [0.15, 0.2) is 42.7 Å². The number of nitrogens with one attached hydrogen (secondary N) is 1. The van der Waals surface area contributed by atoms with Gasteiger partial charge in [0.25, 0.3) is 0 Å². The second-order valence-corrected chi connectivity index (χ2v) is 6.47. The molecule has 0 atom stereocenters. The number of fused-ring (bicyclic) bond motifs is 1. The molecule has 3 aromatic rings. The van der Waals surface area contributed by atoms with E-state index in [1.807, 2.05) is 24.3 Å². The summed E-state index contributed by atoms with van der Waals surface area (Å²) < 4.78 is 1.75. The van der Waals surface area contributed by atoms with Crippen LogP contribution in [0.25, 0.3) is 16.8 Å². The number of nitrogens with zero attached hydrogens (tertiary/aromatic N) is 4. The number of aromatic nitrogens is 3. The third-order valence-corrected chi connectivity index (χ3v) is 4.72. The Balaban J connectivity index is 1.62. The molecule has 6 heteroatoms. The zero-order chi connectivity index (χ0) is 17.2. The molecule has 25 heavy (non-hydrogen) atoms. The van der Waals surface area contributed by atoms with Crippen molar-refractivity contribution < 1.29 is 5.11 Å². The predicted octanol–water partition coefficient (Wildman–Crippen LogP) is 2.98. The van der Waals surface area contributed by atoms with E-state index < -0.39 is 0 Å². The van der Waals surface area contributed by atoms with E-state index in [9.17, 15) is 5.11 Å². The van der Waals surface area contributed by atoms with Gasteiger partial charge in [-0.15, -0.1) is 0 Å². The van der Waals surface area contributed by atoms with Crippen molar-refractivity contribution >= 4 is 11.3 Å². The zero-order valence-corrected chi connectivity index (χ0v) is 13.8. The molecule has 0 saturated heterocycles.